The topological polar surface area (TPSA) is 95.1 Å². The monoisotopic (exact) mass is 449 g/mol. The number of carbonyl (C=O) groups excluding carboxylic acids is 1. The number of hydrogen-bond donors (Lipinski definition) is 2. The molecule has 5 aromatic rings. The fraction of sp³-hybridized carbons (Fsp3) is 0.0741. The molecule has 2 heterocycles. The van der Waals surface area contributed by atoms with Crippen LogP contribution in [0.4, 0.5) is 5.69 Å². The molecule has 7 heteroatoms. The Morgan fingerprint density at radius 2 is 1.68 bits per heavy atom. The second-order valence-electron chi connectivity index (χ2n) is 7.79. The van der Waals surface area contributed by atoms with E-state index in [1.807, 2.05) is 84.9 Å². The summed E-state index contributed by atoms with van der Waals surface area (Å²) in [6.45, 7) is 0.373. The minimum Gasteiger partial charge on any atom is -0.497 e. The normalized spacial score (nSPS) is 10.9. The largest absolute Gasteiger partial charge is 0.497 e. The SMILES string of the molecule is COc1cccc(-n2nc3c(N)cc(-c4ccccc4)nc3c2C(=O)NCc2ccccc2)c1. The highest BCUT2D eigenvalue weighted by Gasteiger charge is 2.23. The fourth-order valence-electron chi connectivity index (χ4n) is 3.83. The van der Waals surface area contributed by atoms with Gasteiger partial charge in [-0.3, -0.25) is 4.79 Å². The van der Waals surface area contributed by atoms with Gasteiger partial charge < -0.3 is 15.8 Å². The van der Waals surface area contributed by atoms with Crippen LogP contribution < -0.4 is 15.8 Å². The van der Waals surface area contributed by atoms with E-state index in [0.717, 1.165) is 11.1 Å². The van der Waals surface area contributed by atoms with Crippen molar-refractivity contribution >= 4 is 22.6 Å². The number of rotatable bonds is 6. The molecule has 0 atom stereocenters. The number of ether oxygens (including phenoxy) is 1. The molecule has 0 fully saturated rings. The lowest BCUT2D eigenvalue weighted by atomic mass is 10.1. The number of anilines is 1. The van der Waals surface area contributed by atoms with Crippen molar-refractivity contribution in [3.8, 4) is 22.7 Å². The lowest BCUT2D eigenvalue weighted by Crippen LogP contribution is -2.25. The smallest absolute Gasteiger partial charge is 0.272 e. The van der Waals surface area contributed by atoms with Crippen LogP contribution in [0.5, 0.6) is 5.75 Å². The number of nitrogen functional groups attached to an aromatic ring is 1. The molecule has 0 bridgehead atoms. The van der Waals surface area contributed by atoms with Gasteiger partial charge in [0.05, 0.1) is 24.2 Å². The van der Waals surface area contributed by atoms with Crippen LogP contribution in [0.15, 0.2) is 91.0 Å². The Balaban J connectivity index is 1.66. The Labute approximate surface area is 196 Å². The molecule has 5 rings (SSSR count). The van der Waals surface area contributed by atoms with E-state index in [9.17, 15) is 4.79 Å². The van der Waals surface area contributed by atoms with Crippen molar-refractivity contribution in [2.45, 2.75) is 6.54 Å². The highest BCUT2D eigenvalue weighted by Crippen LogP contribution is 2.30. The predicted molar refractivity (Wildman–Crippen MR) is 133 cm³/mol. The summed E-state index contributed by atoms with van der Waals surface area (Å²) in [5, 5.41) is 7.68. The number of fused-ring (bicyclic) bond motifs is 1. The zero-order valence-corrected chi connectivity index (χ0v) is 18.6. The average Bonchev–Trinajstić information content (AvgIpc) is 3.29. The molecule has 0 aliphatic rings. The first kappa shape index (κ1) is 21.2. The number of benzene rings is 3. The Morgan fingerprint density at radius 1 is 0.941 bits per heavy atom. The Kier molecular flexibility index (Phi) is 5.66. The van der Waals surface area contributed by atoms with Crippen LogP contribution >= 0.6 is 0 Å². The average molecular weight is 450 g/mol. The van der Waals surface area contributed by atoms with Gasteiger partial charge in [-0.15, -0.1) is 0 Å². The molecule has 0 saturated carbocycles. The van der Waals surface area contributed by atoms with Crippen molar-refractivity contribution in [3.63, 3.8) is 0 Å². The van der Waals surface area contributed by atoms with Gasteiger partial charge in [-0.1, -0.05) is 66.7 Å². The molecule has 7 nitrogen and oxygen atoms in total. The minimum absolute atomic E-state index is 0.300. The summed E-state index contributed by atoms with van der Waals surface area (Å²) in [5.41, 5.74) is 11.3. The lowest BCUT2D eigenvalue weighted by molar-refractivity contribution is 0.0944. The number of aromatic nitrogens is 3. The molecule has 0 saturated heterocycles. The maximum Gasteiger partial charge on any atom is 0.272 e. The van der Waals surface area contributed by atoms with E-state index in [4.69, 9.17) is 15.5 Å². The molecule has 0 unspecified atom stereocenters. The first-order valence-electron chi connectivity index (χ1n) is 10.9. The summed E-state index contributed by atoms with van der Waals surface area (Å²) in [6.07, 6.45) is 0. The van der Waals surface area contributed by atoms with E-state index in [-0.39, 0.29) is 5.91 Å². The minimum atomic E-state index is -0.300. The number of nitrogens with zero attached hydrogens (tertiary/aromatic N) is 3. The van der Waals surface area contributed by atoms with E-state index in [2.05, 4.69) is 10.4 Å². The lowest BCUT2D eigenvalue weighted by Gasteiger charge is -2.10. The van der Waals surface area contributed by atoms with Crippen molar-refractivity contribution in [1.29, 1.82) is 0 Å². The van der Waals surface area contributed by atoms with Crippen molar-refractivity contribution < 1.29 is 9.53 Å². The maximum atomic E-state index is 13.5. The third kappa shape index (κ3) is 4.06. The number of nitrogens with one attached hydrogen (secondary N) is 1. The molecule has 168 valence electrons. The third-order valence-corrected chi connectivity index (χ3v) is 5.54. The second kappa shape index (κ2) is 9.07. The highest BCUT2D eigenvalue weighted by molar-refractivity contribution is 6.07. The van der Waals surface area contributed by atoms with Gasteiger partial charge >= 0.3 is 0 Å². The first-order valence-corrected chi connectivity index (χ1v) is 10.9. The van der Waals surface area contributed by atoms with Crippen LogP contribution in [0.2, 0.25) is 0 Å². The van der Waals surface area contributed by atoms with E-state index in [0.29, 0.717) is 46.1 Å². The van der Waals surface area contributed by atoms with Crippen molar-refractivity contribution in [2.75, 3.05) is 12.8 Å². The van der Waals surface area contributed by atoms with Crippen molar-refractivity contribution in [3.05, 3.63) is 102 Å². The van der Waals surface area contributed by atoms with Gasteiger partial charge in [0.15, 0.2) is 5.69 Å². The summed E-state index contributed by atoms with van der Waals surface area (Å²) in [4.78, 5) is 18.3. The Morgan fingerprint density at radius 3 is 2.41 bits per heavy atom. The van der Waals surface area contributed by atoms with Crippen LogP contribution in [0.3, 0.4) is 0 Å². The number of pyridine rings is 1. The van der Waals surface area contributed by atoms with Gasteiger partial charge in [-0.25, -0.2) is 9.67 Å². The van der Waals surface area contributed by atoms with Crippen molar-refractivity contribution in [2.24, 2.45) is 0 Å². The number of nitrogens with two attached hydrogens (primary N) is 1. The van der Waals surface area contributed by atoms with Gasteiger partial charge in [0.2, 0.25) is 0 Å². The summed E-state index contributed by atoms with van der Waals surface area (Å²) in [5.74, 6) is 0.352. The van der Waals surface area contributed by atoms with Crippen molar-refractivity contribution in [1.82, 2.24) is 20.1 Å². The molecule has 1 amide bonds. The van der Waals surface area contributed by atoms with Crippen LogP contribution in [-0.4, -0.2) is 27.8 Å². The first-order chi connectivity index (χ1) is 16.6. The molecule has 0 aliphatic carbocycles. The zero-order chi connectivity index (χ0) is 23.5. The number of methoxy groups -OCH3 is 1. The highest BCUT2D eigenvalue weighted by atomic mass is 16.5. The number of hydrogen-bond acceptors (Lipinski definition) is 5. The van der Waals surface area contributed by atoms with Crippen LogP contribution in [0.25, 0.3) is 28.0 Å². The number of carbonyl (C=O) groups is 1. The zero-order valence-electron chi connectivity index (χ0n) is 18.6. The standard InChI is InChI=1S/C27H23N5O2/c1-34-21-14-8-13-20(15-21)32-26(27(33)29-17-18-9-4-2-5-10-18)25-24(31-32)22(28)16-23(30-25)19-11-6-3-7-12-19/h2-16H,17,28H2,1H3,(H,29,33). The molecular formula is C27H23N5O2. The van der Waals surface area contributed by atoms with E-state index < -0.39 is 0 Å². The van der Waals surface area contributed by atoms with Crippen LogP contribution in [0, 0.1) is 0 Å². The molecule has 2 aromatic heterocycles. The summed E-state index contributed by atoms with van der Waals surface area (Å²) < 4.78 is 6.95. The van der Waals surface area contributed by atoms with E-state index >= 15 is 0 Å². The van der Waals surface area contributed by atoms with Crippen LogP contribution in [-0.2, 0) is 6.54 Å². The molecular weight excluding hydrogens is 426 g/mol. The van der Waals surface area contributed by atoms with Gasteiger partial charge in [0.25, 0.3) is 5.91 Å². The van der Waals surface area contributed by atoms with Gasteiger partial charge in [-0.05, 0) is 23.8 Å². The fourth-order valence-corrected chi connectivity index (χ4v) is 3.83. The summed E-state index contributed by atoms with van der Waals surface area (Å²) in [6, 6.07) is 28.6. The van der Waals surface area contributed by atoms with E-state index in [1.54, 1.807) is 17.9 Å². The van der Waals surface area contributed by atoms with Gasteiger partial charge in [0, 0.05) is 18.2 Å². The molecule has 0 aliphatic heterocycles. The predicted octanol–water partition coefficient (Wildman–Crippen LogP) is 4.61. The van der Waals surface area contributed by atoms with Crippen LogP contribution in [0.1, 0.15) is 16.1 Å². The molecule has 34 heavy (non-hydrogen) atoms. The second-order valence-corrected chi connectivity index (χ2v) is 7.79. The maximum absolute atomic E-state index is 13.5. The summed E-state index contributed by atoms with van der Waals surface area (Å²) >= 11 is 0. The Hall–Kier alpha value is -4.65. The molecule has 3 aromatic carbocycles. The number of amides is 1. The molecule has 3 N–H and O–H groups in total. The molecule has 0 radical (unpaired) electrons. The summed E-state index contributed by atoms with van der Waals surface area (Å²) in [7, 11) is 1.60. The van der Waals surface area contributed by atoms with Gasteiger partial charge in [-0.2, -0.15) is 5.10 Å². The quantitative estimate of drug-likeness (QED) is 0.395. The van der Waals surface area contributed by atoms with Gasteiger partial charge in [0.1, 0.15) is 16.8 Å². The van der Waals surface area contributed by atoms with E-state index in [1.165, 1.54) is 0 Å². The molecule has 0 spiro atoms. The third-order valence-electron chi connectivity index (χ3n) is 5.54. The Bertz CT molecular complexity index is 1460.